The Morgan fingerprint density at radius 2 is 2.00 bits per heavy atom. The molecule has 0 aliphatic heterocycles. The molecule has 162 valence electrons. The number of methoxy groups -OCH3 is 1. The first-order valence-corrected chi connectivity index (χ1v) is 10.6. The molecule has 7 heteroatoms. The Hall–Kier alpha value is -3.01. The third kappa shape index (κ3) is 5.38. The summed E-state index contributed by atoms with van der Waals surface area (Å²) in [6.45, 7) is 11.9. The Morgan fingerprint density at radius 3 is 2.65 bits per heavy atom. The van der Waals surface area contributed by atoms with Gasteiger partial charge in [0.05, 0.1) is 29.9 Å². The average molecular weight is 438 g/mol. The highest BCUT2D eigenvalue weighted by atomic mass is 35.5. The monoisotopic (exact) mass is 437 g/mol. The third-order valence-corrected chi connectivity index (χ3v) is 5.40. The summed E-state index contributed by atoms with van der Waals surface area (Å²) in [6, 6.07) is 9.55. The summed E-state index contributed by atoms with van der Waals surface area (Å²) in [5.74, 6) is 0.657. The average Bonchev–Trinajstić information content (AvgIpc) is 2.76. The zero-order valence-electron chi connectivity index (χ0n) is 18.4. The van der Waals surface area contributed by atoms with E-state index in [-0.39, 0.29) is 0 Å². The summed E-state index contributed by atoms with van der Waals surface area (Å²) < 4.78 is 5.24. The molecule has 0 aliphatic carbocycles. The molecular formula is C24H28ClN5O. The fraction of sp³-hybridized carbons (Fsp3) is 0.333. The molecule has 0 saturated heterocycles. The molecule has 2 aromatic carbocycles. The topological polar surface area (TPSA) is 53.8 Å². The molecule has 31 heavy (non-hydrogen) atoms. The van der Waals surface area contributed by atoms with Crippen LogP contribution in [0.5, 0.6) is 5.75 Å². The van der Waals surface area contributed by atoms with Crippen molar-refractivity contribution in [3.8, 4) is 5.75 Å². The van der Waals surface area contributed by atoms with Crippen molar-refractivity contribution < 1.29 is 4.74 Å². The molecule has 0 aliphatic rings. The van der Waals surface area contributed by atoms with E-state index in [0.29, 0.717) is 23.0 Å². The minimum atomic E-state index is 0.583. The molecule has 1 aromatic heterocycles. The van der Waals surface area contributed by atoms with Gasteiger partial charge in [-0.2, -0.15) is 0 Å². The molecule has 0 bridgehead atoms. The van der Waals surface area contributed by atoms with Gasteiger partial charge in [0, 0.05) is 36.9 Å². The molecule has 3 aromatic rings. The van der Waals surface area contributed by atoms with E-state index in [2.05, 4.69) is 27.3 Å². The Balaban J connectivity index is 1.98. The van der Waals surface area contributed by atoms with Crippen LogP contribution in [0.3, 0.4) is 0 Å². The van der Waals surface area contributed by atoms with Crippen LogP contribution >= 0.6 is 11.6 Å². The predicted molar refractivity (Wildman–Crippen MR) is 130 cm³/mol. The molecule has 0 unspecified atom stereocenters. The van der Waals surface area contributed by atoms with Crippen LogP contribution in [0.4, 0.5) is 17.1 Å². The number of aromatic nitrogens is 1. The molecule has 1 heterocycles. The molecular weight excluding hydrogens is 410 g/mol. The first kappa shape index (κ1) is 22.7. The Labute approximate surface area is 189 Å². The molecule has 6 nitrogen and oxygen atoms in total. The van der Waals surface area contributed by atoms with Gasteiger partial charge >= 0.3 is 0 Å². The molecule has 0 saturated carbocycles. The molecule has 3 rings (SSSR count). The SMILES string of the molecule is [C-]#[N+]c1cc(NCCN(C)C)c2ncc(CC)c(NCc3ccc(OC)c(Cl)c3)c2c1. The first-order chi connectivity index (χ1) is 15.0. The number of hydrogen-bond donors (Lipinski definition) is 2. The van der Waals surface area contributed by atoms with Crippen LogP contribution in [0, 0.1) is 6.57 Å². The van der Waals surface area contributed by atoms with Crippen molar-refractivity contribution in [2.45, 2.75) is 19.9 Å². The maximum Gasteiger partial charge on any atom is 0.190 e. The molecule has 0 fully saturated rings. The van der Waals surface area contributed by atoms with Crippen molar-refractivity contribution in [2.75, 3.05) is 44.9 Å². The largest absolute Gasteiger partial charge is 0.495 e. The van der Waals surface area contributed by atoms with Crippen molar-refractivity contribution in [3.05, 3.63) is 64.1 Å². The van der Waals surface area contributed by atoms with E-state index in [1.165, 1.54) is 0 Å². The van der Waals surface area contributed by atoms with E-state index >= 15 is 0 Å². The Bertz CT molecular complexity index is 1110. The van der Waals surface area contributed by atoms with Gasteiger partial charge < -0.3 is 20.3 Å². The lowest BCUT2D eigenvalue weighted by molar-refractivity contribution is 0.415. The summed E-state index contributed by atoms with van der Waals surface area (Å²) in [5, 5.41) is 8.54. The number of fused-ring (bicyclic) bond motifs is 1. The lowest BCUT2D eigenvalue weighted by atomic mass is 10.0. The minimum Gasteiger partial charge on any atom is -0.495 e. The standard InChI is InChI=1S/C24H28ClN5O/c1-6-17-15-29-24-19(12-18(26-2)13-21(24)27-9-10-30(3)4)23(17)28-14-16-7-8-22(31-5)20(25)11-16/h7-8,11-13,15,27H,6,9-10,14H2,1,3-5H3,(H,28,29). The van der Waals surface area contributed by atoms with E-state index in [9.17, 15) is 0 Å². The van der Waals surface area contributed by atoms with Crippen molar-refractivity contribution in [3.63, 3.8) is 0 Å². The zero-order chi connectivity index (χ0) is 22.4. The van der Waals surface area contributed by atoms with Crippen molar-refractivity contribution in [1.29, 1.82) is 0 Å². The number of anilines is 2. The highest BCUT2D eigenvalue weighted by molar-refractivity contribution is 6.32. The van der Waals surface area contributed by atoms with Crippen LogP contribution in [0.1, 0.15) is 18.1 Å². The number of halogens is 1. The summed E-state index contributed by atoms with van der Waals surface area (Å²) in [7, 11) is 5.68. The second kappa shape index (κ2) is 10.3. The molecule has 2 N–H and O–H groups in total. The number of benzene rings is 2. The maximum absolute atomic E-state index is 7.55. The fourth-order valence-corrected chi connectivity index (χ4v) is 3.71. The van der Waals surface area contributed by atoms with Crippen LogP contribution in [0.2, 0.25) is 5.02 Å². The van der Waals surface area contributed by atoms with E-state index in [0.717, 1.165) is 52.9 Å². The van der Waals surface area contributed by atoms with Gasteiger partial charge in [0.15, 0.2) is 5.69 Å². The quantitative estimate of drug-likeness (QED) is 0.427. The summed E-state index contributed by atoms with van der Waals surface area (Å²) in [5.41, 5.74) is 5.48. The smallest absolute Gasteiger partial charge is 0.190 e. The lowest BCUT2D eigenvalue weighted by Gasteiger charge is -2.18. The van der Waals surface area contributed by atoms with Gasteiger partial charge in [-0.1, -0.05) is 24.6 Å². The van der Waals surface area contributed by atoms with Crippen LogP contribution in [0.15, 0.2) is 36.5 Å². The van der Waals surface area contributed by atoms with Crippen molar-refractivity contribution in [1.82, 2.24) is 9.88 Å². The predicted octanol–water partition coefficient (Wildman–Crippen LogP) is 5.60. The van der Waals surface area contributed by atoms with Crippen molar-refractivity contribution in [2.24, 2.45) is 0 Å². The highest BCUT2D eigenvalue weighted by Crippen LogP contribution is 2.35. The highest BCUT2D eigenvalue weighted by Gasteiger charge is 2.13. The van der Waals surface area contributed by atoms with E-state index in [1.54, 1.807) is 7.11 Å². The lowest BCUT2D eigenvalue weighted by Crippen LogP contribution is -2.20. The first-order valence-electron chi connectivity index (χ1n) is 10.2. The number of pyridine rings is 1. The van der Waals surface area contributed by atoms with Gasteiger partial charge in [-0.25, -0.2) is 4.85 Å². The number of ether oxygens (including phenoxy) is 1. The summed E-state index contributed by atoms with van der Waals surface area (Å²) >= 11 is 6.29. The molecule has 0 amide bonds. The third-order valence-electron chi connectivity index (χ3n) is 5.10. The normalized spacial score (nSPS) is 10.9. The van der Waals surface area contributed by atoms with E-state index in [4.69, 9.17) is 27.9 Å². The van der Waals surface area contributed by atoms with Gasteiger partial charge in [-0.05, 0) is 55.9 Å². The zero-order valence-corrected chi connectivity index (χ0v) is 19.2. The summed E-state index contributed by atoms with van der Waals surface area (Å²) in [6.07, 6.45) is 2.75. The molecule has 0 atom stereocenters. The Morgan fingerprint density at radius 1 is 1.19 bits per heavy atom. The number of nitrogens with zero attached hydrogens (tertiary/aromatic N) is 3. The fourth-order valence-electron chi connectivity index (χ4n) is 3.43. The maximum atomic E-state index is 7.55. The van der Waals surface area contributed by atoms with Crippen LogP contribution in [0.25, 0.3) is 15.7 Å². The Kier molecular flexibility index (Phi) is 7.56. The number of nitrogens with one attached hydrogen (secondary N) is 2. The number of hydrogen-bond acceptors (Lipinski definition) is 5. The van der Waals surface area contributed by atoms with Gasteiger partial charge in [0.2, 0.25) is 0 Å². The second-order valence-electron chi connectivity index (χ2n) is 7.57. The van der Waals surface area contributed by atoms with E-state index in [1.807, 2.05) is 50.6 Å². The number of rotatable bonds is 9. The van der Waals surface area contributed by atoms with Crippen LogP contribution < -0.4 is 15.4 Å². The van der Waals surface area contributed by atoms with Crippen LogP contribution in [-0.4, -0.2) is 44.2 Å². The molecule has 0 spiro atoms. The van der Waals surface area contributed by atoms with Crippen LogP contribution in [-0.2, 0) is 13.0 Å². The van der Waals surface area contributed by atoms with Gasteiger partial charge in [0.1, 0.15) is 5.75 Å². The molecule has 0 radical (unpaired) electrons. The van der Waals surface area contributed by atoms with Crippen molar-refractivity contribution >= 4 is 39.6 Å². The van der Waals surface area contributed by atoms with Gasteiger partial charge in [-0.15, -0.1) is 0 Å². The number of aryl methyl sites for hydroxylation is 1. The number of likely N-dealkylation sites (N-methyl/N-ethyl adjacent to an activating group) is 1. The second-order valence-corrected chi connectivity index (χ2v) is 7.97. The minimum absolute atomic E-state index is 0.583. The van der Waals surface area contributed by atoms with E-state index < -0.39 is 0 Å². The summed E-state index contributed by atoms with van der Waals surface area (Å²) in [4.78, 5) is 10.5. The van der Waals surface area contributed by atoms with Gasteiger partial charge in [0.25, 0.3) is 0 Å². The van der Waals surface area contributed by atoms with Gasteiger partial charge in [-0.3, -0.25) is 4.98 Å².